The number of nitriles is 1. The van der Waals surface area contributed by atoms with Crippen LogP contribution in [-0.2, 0) is 27.7 Å². The second-order valence-corrected chi connectivity index (χ2v) is 11.2. The number of amides is 1. The summed E-state index contributed by atoms with van der Waals surface area (Å²) in [7, 11) is 1.45. The number of pyridine rings is 1. The predicted molar refractivity (Wildman–Crippen MR) is 168 cm³/mol. The van der Waals surface area contributed by atoms with Crippen LogP contribution in [0.25, 0.3) is 16.7 Å². The Hall–Kier alpha value is -5.56. The summed E-state index contributed by atoms with van der Waals surface area (Å²) in [4.78, 5) is 57.9. The molecule has 3 heterocycles. The highest BCUT2D eigenvalue weighted by Crippen LogP contribution is 2.33. The van der Waals surface area contributed by atoms with Crippen molar-refractivity contribution in [1.29, 1.82) is 5.26 Å². The van der Waals surface area contributed by atoms with Crippen molar-refractivity contribution in [3.8, 4) is 11.9 Å². The van der Waals surface area contributed by atoms with Crippen molar-refractivity contribution < 1.29 is 36.6 Å². The minimum Gasteiger partial charge on any atom is -0.464 e. The summed E-state index contributed by atoms with van der Waals surface area (Å²) in [5.74, 6) is -3.00. The van der Waals surface area contributed by atoms with Crippen LogP contribution in [0.5, 0.6) is 0 Å². The summed E-state index contributed by atoms with van der Waals surface area (Å²) in [5, 5.41) is 12.0. The summed E-state index contributed by atoms with van der Waals surface area (Å²) >= 11 is 0. The quantitative estimate of drug-likeness (QED) is 0.219. The number of nitrogens with zero attached hydrogens (tertiary/aromatic N) is 5. The molecule has 0 bridgehead atoms. The van der Waals surface area contributed by atoms with Gasteiger partial charge in [-0.1, -0.05) is 12.1 Å². The lowest BCUT2D eigenvalue weighted by Crippen LogP contribution is -2.53. The number of aryl methyl sites for hydroxylation is 2. The van der Waals surface area contributed by atoms with Gasteiger partial charge >= 0.3 is 17.8 Å². The second kappa shape index (κ2) is 13.9. The Balaban J connectivity index is 1.41. The van der Waals surface area contributed by atoms with Crippen molar-refractivity contribution in [3.63, 3.8) is 0 Å². The molecule has 2 aromatic heterocycles. The van der Waals surface area contributed by atoms with Gasteiger partial charge in [-0.15, -0.1) is 0 Å². The molecule has 0 spiro atoms. The normalized spacial score (nSPS) is 15.5. The number of nitrogens with one attached hydrogen (secondary N) is 1. The Labute approximate surface area is 276 Å². The molecule has 12 nitrogen and oxygen atoms in total. The largest absolute Gasteiger partial charge is 0.464 e. The van der Waals surface area contributed by atoms with Gasteiger partial charge in [0.2, 0.25) is 0 Å². The van der Waals surface area contributed by atoms with E-state index in [1.165, 1.54) is 49.0 Å². The number of alkyl halides is 3. The van der Waals surface area contributed by atoms with Crippen LogP contribution in [0.3, 0.4) is 0 Å². The first-order chi connectivity index (χ1) is 23.3. The van der Waals surface area contributed by atoms with Gasteiger partial charge in [0, 0.05) is 31.9 Å². The van der Waals surface area contributed by atoms with Crippen LogP contribution in [0.15, 0.2) is 58.3 Å². The van der Waals surface area contributed by atoms with Crippen molar-refractivity contribution in [3.05, 3.63) is 97.6 Å². The van der Waals surface area contributed by atoms with E-state index in [0.717, 1.165) is 15.5 Å². The van der Waals surface area contributed by atoms with Gasteiger partial charge in [-0.25, -0.2) is 23.5 Å². The van der Waals surface area contributed by atoms with E-state index >= 15 is 4.39 Å². The van der Waals surface area contributed by atoms with Crippen molar-refractivity contribution in [2.45, 2.75) is 38.5 Å². The third kappa shape index (κ3) is 6.88. The molecular weight excluding hydrogens is 652 g/mol. The van der Waals surface area contributed by atoms with Gasteiger partial charge in [0.1, 0.15) is 29.8 Å². The monoisotopic (exact) mass is 682 g/mol. The van der Waals surface area contributed by atoms with E-state index in [9.17, 15) is 37.6 Å². The number of rotatable bonds is 8. The van der Waals surface area contributed by atoms with Crippen LogP contribution in [0.1, 0.15) is 34.0 Å². The molecule has 256 valence electrons. The highest BCUT2D eigenvalue weighted by atomic mass is 19.4. The molecule has 1 N–H and O–H groups in total. The van der Waals surface area contributed by atoms with E-state index in [2.05, 4.69) is 10.3 Å². The topological polar surface area (TPSA) is 149 Å². The fourth-order valence-corrected chi connectivity index (χ4v) is 5.73. The Kier molecular flexibility index (Phi) is 9.85. The Bertz CT molecular complexity index is 2060. The van der Waals surface area contributed by atoms with Gasteiger partial charge in [-0.3, -0.25) is 14.2 Å². The summed E-state index contributed by atoms with van der Waals surface area (Å²) < 4.78 is 68.4. The number of hydrogen-bond donors (Lipinski definition) is 1. The number of esters is 1. The first-order valence-corrected chi connectivity index (χ1v) is 15.1. The molecule has 0 saturated carbocycles. The maximum Gasteiger partial charge on any atom is 0.411 e. The predicted octanol–water partition coefficient (Wildman–Crippen LogP) is 3.08. The third-order valence-corrected chi connectivity index (χ3v) is 8.11. The standard InChI is InChI=1S/C33H30F4N6O6/c1-4-49-31(46)23(40-29(44)27-18(2)12-21(14-22(27)34)42-10-11-48-17-25(42)33(35,36)37)13-19-8-9-26(39-16-19)43-30(45)28-20(15-38)6-5-7-24(28)41(3)32(43)47/h5-9,12,14,16,23,25H,4,10-11,13,17H2,1-3H3,(H,40,44)/t23-,25+/m0/s1. The summed E-state index contributed by atoms with van der Waals surface area (Å²) in [6.07, 6.45) is -3.55. The Morgan fingerprint density at radius 3 is 2.59 bits per heavy atom. The number of benzene rings is 2. The molecular formula is C33H30F4N6O6. The average Bonchev–Trinajstić information content (AvgIpc) is 3.06. The average molecular weight is 683 g/mol. The van der Waals surface area contributed by atoms with Crippen LogP contribution in [0.2, 0.25) is 0 Å². The number of fused-ring (bicyclic) bond motifs is 1. The zero-order valence-electron chi connectivity index (χ0n) is 26.5. The number of anilines is 1. The molecule has 0 unspecified atom stereocenters. The van der Waals surface area contributed by atoms with Crippen LogP contribution in [0.4, 0.5) is 23.2 Å². The van der Waals surface area contributed by atoms with Gasteiger partial charge < -0.3 is 19.7 Å². The first-order valence-electron chi connectivity index (χ1n) is 15.1. The first kappa shape index (κ1) is 34.8. The fourth-order valence-electron chi connectivity index (χ4n) is 5.73. The number of halogens is 4. The number of ether oxygens (including phenoxy) is 2. The molecule has 1 aliphatic heterocycles. The summed E-state index contributed by atoms with van der Waals surface area (Å²) in [6.45, 7) is 2.12. The van der Waals surface area contributed by atoms with Crippen LogP contribution in [0, 0.1) is 24.1 Å². The Morgan fingerprint density at radius 2 is 1.96 bits per heavy atom. The summed E-state index contributed by atoms with van der Waals surface area (Å²) in [6, 6.07) is 8.08. The van der Waals surface area contributed by atoms with E-state index in [-0.39, 0.29) is 59.7 Å². The molecule has 1 amide bonds. The van der Waals surface area contributed by atoms with E-state index in [0.29, 0.717) is 5.56 Å². The van der Waals surface area contributed by atoms with Crippen molar-refractivity contribution in [2.24, 2.45) is 7.05 Å². The van der Waals surface area contributed by atoms with E-state index in [1.807, 2.05) is 6.07 Å². The fraction of sp³-hybridized carbons (Fsp3) is 0.333. The van der Waals surface area contributed by atoms with Crippen molar-refractivity contribution in [1.82, 2.24) is 19.4 Å². The lowest BCUT2D eigenvalue weighted by atomic mass is 10.0. The van der Waals surface area contributed by atoms with Crippen LogP contribution < -0.4 is 21.5 Å². The third-order valence-electron chi connectivity index (χ3n) is 8.11. The number of carbonyl (C=O) groups excluding carboxylic acids is 2. The zero-order valence-corrected chi connectivity index (χ0v) is 26.5. The number of morpholine rings is 1. The number of aromatic nitrogens is 3. The SMILES string of the molecule is CCOC(=O)[C@H](Cc1ccc(-n2c(=O)c3c(C#N)cccc3n(C)c2=O)nc1)NC(=O)c1c(C)cc(N2CCOC[C@@H]2C(F)(F)F)cc1F. The van der Waals surface area contributed by atoms with Crippen LogP contribution in [-0.4, -0.2) is 70.6 Å². The Morgan fingerprint density at radius 1 is 1.20 bits per heavy atom. The zero-order chi connectivity index (χ0) is 35.6. The lowest BCUT2D eigenvalue weighted by molar-refractivity contribution is -0.167. The summed E-state index contributed by atoms with van der Waals surface area (Å²) in [5.41, 5.74) is -1.26. The second-order valence-electron chi connectivity index (χ2n) is 11.2. The number of hydrogen-bond acceptors (Lipinski definition) is 9. The van der Waals surface area contributed by atoms with E-state index < -0.39 is 59.4 Å². The molecule has 2 atom stereocenters. The lowest BCUT2D eigenvalue weighted by Gasteiger charge is -2.38. The van der Waals surface area contributed by atoms with Crippen LogP contribution >= 0.6 is 0 Å². The number of carbonyl (C=O) groups is 2. The van der Waals surface area contributed by atoms with E-state index in [1.54, 1.807) is 19.1 Å². The minimum atomic E-state index is -4.64. The molecule has 0 radical (unpaired) electrons. The highest BCUT2D eigenvalue weighted by molar-refractivity contribution is 5.98. The maximum absolute atomic E-state index is 15.4. The maximum atomic E-state index is 15.4. The van der Waals surface area contributed by atoms with Crippen molar-refractivity contribution in [2.75, 3.05) is 31.3 Å². The minimum absolute atomic E-state index is 0.00428. The van der Waals surface area contributed by atoms with Crippen molar-refractivity contribution >= 4 is 28.5 Å². The van der Waals surface area contributed by atoms with Gasteiger partial charge in [0.15, 0.2) is 0 Å². The molecule has 5 rings (SSSR count). The molecule has 1 saturated heterocycles. The molecule has 4 aromatic rings. The van der Waals surface area contributed by atoms with Gasteiger partial charge in [-0.05, 0) is 55.3 Å². The van der Waals surface area contributed by atoms with E-state index in [4.69, 9.17) is 9.47 Å². The van der Waals surface area contributed by atoms with Gasteiger partial charge in [0.25, 0.3) is 11.5 Å². The molecule has 49 heavy (non-hydrogen) atoms. The molecule has 1 fully saturated rings. The van der Waals surface area contributed by atoms with Gasteiger partial charge in [-0.2, -0.15) is 18.4 Å². The molecule has 16 heteroatoms. The molecule has 1 aliphatic rings. The molecule has 2 aromatic carbocycles. The van der Waals surface area contributed by atoms with Gasteiger partial charge in [0.05, 0.1) is 41.9 Å². The smallest absolute Gasteiger partial charge is 0.411 e. The molecule has 0 aliphatic carbocycles. The highest BCUT2D eigenvalue weighted by Gasteiger charge is 2.45.